The Morgan fingerprint density at radius 3 is 2.10 bits per heavy atom. The molecular formula is C26H30F6N6O2S. The number of rotatable bonds is 9. The highest BCUT2D eigenvalue weighted by molar-refractivity contribution is 7.89. The van der Waals surface area contributed by atoms with Crippen LogP contribution in [-0.2, 0) is 28.9 Å². The summed E-state index contributed by atoms with van der Waals surface area (Å²) in [6.45, 7) is 2.01. The molecular weight excluding hydrogens is 574 g/mol. The fourth-order valence-electron chi connectivity index (χ4n) is 4.48. The SMILES string of the molecule is CN(C)CCCNc1nc(CN2CCN(S(=O)(=O)c3cc(C(F)(F)F)cc(C(F)(F)F)c3)CC2)nc2ccccc12. The fraction of sp³-hybridized carbons (Fsp3) is 0.462. The van der Waals surface area contributed by atoms with E-state index in [0.29, 0.717) is 18.2 Å². The standard InChI is InChI=1S/C26H30F6N6O2S/c1-36(2)9-5-8-33-24-21-6-3-4-7-22(21)34-23(35-24)17-37-10-12-38(13-11-37)41(39,40)20-15-18(25(27,28)29)14-19(16-20)26(30,31)32/h3-4,6-7,14-16H,5,8-13,17H2,1-2H3,(H,33,34,35). The molecule has 4 rings (SSSR count). The zero-order valence-electron chi connectivity index (χ0n) is 22.4. The van der Waals surface area contributed by atoms with Crippen molar-refractivity contribution < 1.29 is 34.8 Å². The lowest BCUT2D eigenvalue weighted by molar-refractivity contribution is -0.143. The number of nitrogens with one attached hydrogen (secondary N) is 1. The van der Waals surface area contributed by atoms with Crippen molar-refractivity contribution in [3.8, 4) is 0 Å². The van der Waals surface area contributed by atoms with Gasteiger partial charge in [0.2, 0.25) is 10.0 Å². The quantitative estimate of drug-likeness (QED) is 0.284. The number of aromatic nitrogens is 2. The van der Waals surface area contributed by atoms with E-state index in [1.165, 1.54) is 0 Å². The summed E-state index contributed by atoms with van der Waals surface area (Å²) in [6.07, 6.45) is -9.40. The van der Waals surface area contributed by atoms with Gasteiger partial charge in [-0.05, 0) is 57.4 Å². The highest BCUT2D eigenvalue weighted by Gasteiger charge is 2.39. The Balaban J connectivity index is 1.48. The predicted molar refractivity (Wildman–Crippen MR) is 142 cm³/mol. The number of hydrogen-bond acceptors (Lipinski definition) is 7. The van der Waals surface area contributed by atoms with Gasteiger partial charge in [0.1, 0.15) is 11.6 Å². The molecule has 1 saturated heterocycles. The van der Waals surface area contributed by atoms with Crippen molar-refractivity contribution in [1.82, 2.24) is 24.1 Å². The van der Waals surface area contributed by atoms with Gasteiger partial charge in [0.05, 0.1) is 28.1 Å². The largest absolute Gasteiger partial charge is 0.416 e. The second-order valence-electron chi connectivity index (χ2n) is 10.0. The van der Waals surface area contributed by atoms with E-state index < -0.39 is 38.4 Å². The minimum absolute atomic E-state index is 0.0914. The molecule has 1 aromatic heterocycles. The molecule has 8 nitrogen and oxygen atoms in total. The lowest BCUT2D eigenvalue weighted by Crippen LogP contribution is -2.48. The summed E-state index contributed by atoms with van der Waals surface area (Å²) >= 11 is 0. The Kier molecular flexibility index (Phi) is 9.11. The van der Waals surface area contributed by atoms with Crippen molar-refractivity contribution in [3.05, 3.63) is 59.4 Å². The van der Waals surface area contributed by atoms with Gasteiger partial charge in [-0.25, -0.2) is 18.4 Å². The lowest BCUT2D eigenvalue weighted by atomic mass is 10.1. The van der Waals surface area contributed by atoms with Crippen LogP contribution in [-0.4, -0.2) is 85.9 Å². The normalized spacial score (nSPS) is 16.0. The van der Waals surface area contributed by atoms with Gasteiger partial charge in [-0.15, -0.1) is 0 Å². The zero-order valence-corrected chi connectivity index (χ0v) is 23.2. The molecule has 0 spiro atoms. The number of halogens is 6. The average Bonchev–Trinajstić information content (AvgIpc) is 2.90. The smallest absolute Gasteiger partial charge is 0.369 e. The van der Waals surface area contributed by atoms with E-state index in [9.17, 15) is 34.8 Å². The van der Waals surface area contributed by atoms with Crippen LogP contribution in [0.1, 0.15) is 23.4 Å². The number of fused-ring (bicyclic) bond motifs is 1. The van der Waals surface area contributed by atoms with E-state index in [2.05, 4.69) is 20.2 Å². The van der Waals surface area contributed by atoms with E-state index >= 15 is 0 Å². The molecule has 3 aromatic rings. The first kappa shape index (κ1) is 30.9. The van der Waals surface area contributed by atoms with Gasteiger partial charge >= 0.3 is 12.4 Å². The topological polar surface area (TPSA) is 81.7 Å². The molecule has 0 amide bonds. The number of hydrogen-bond donors (Lipinski definition) is 1. The van der Waals surface area contributed by atoms with Gasteiger partial charge in [0.25, 0.3) is 0 Å². The second-order valence-corrected chi connectivity index (χ2v) is 11.9. The third-order valence-electron chi connectivity index (χ3n) is 6.62. The molecule has 0 saturated carbocycles. The van der Waals surface area contributed by atoms with Crippen LogP contribution in [0.25, 0.3) is 10.9 Å². The Morgan fingerprint density at radius 2 is 1.51 bits per heavy atom. The molecule has 1 aliphatic heterocycles. The van der Waals surface area contributed by atoms with Crippen molar-refractivity contribution in [2.75, 3.05) is 58.7 Å². The van der Waals surface area contributed by atoms with Gasteiger partial charge in [0.15, 0.2) is 0 Å². The van der Waals surface area contributed by atoms with E-state index in [-0.39, 0.29) is 50.9 Å². The first-order chi connectivity index (χ1) is 19.1. The molecule has 0 radical (unpaired) electrons. The fourth-order valence-corrected chi connectivity index (χ4v) is 5.98. The lowest BCUT2D eigenvalue weighted by Gasteiger charge is -2.33. The van der Waals surface area contributed by atoms with Crippen LogP contribution in [0.2, 0.25) is 0 Å². The molecule has 1 aliphatic rings. The minimum Gasteiger partial charge on any atom is -0.369 e. The number of nitrogens with zero attached hydrogens (tertiary/aromatic N) is 5. The third kappa shape index (κ3) is 7.64. The summed E-state index contributed by atoms with van der Waals surface area (Å²) in [5.74, 6) is 1.18. The van der Waals surface area contributed by atoms with Gasteiger partial charge < -0.3 is 10.2 Å². The van der Waals surface area contributed by atoms with Crippen molar-refractivity contribution in [3.63, 3.8) is 0 Å². The van der Waals surface area contributed by atoms with E-state index in [1.54, 1.807) is 0 Å². The van der Waals surface area contributed by atoms with E-state index in [0.717, 1.165) is 28.2 Å². The Labute approximate surface area is 234 Å². The number of piperazine rings is 1. The number of para-hydroxylation sites is 1. The van der Waals surface area contributed by atoms with Crippen LogP contribution < -0.4 is 5.32 Å². The van der Waals surface area contributed by atoms with Crippen molar-refractivity contribution in [2.24, 2.45) is 0 Å². The first-order valence-electron chi connectivity index (χ1n) is 12.8. The Bertz CT molecular complexity index is 1440. The Hall–Kier alpha value is -3.01. The number of alkyl halides is 6. The van der Waals surface area contributed by atoms with Gasteiger partial charge in [-0.2, -0.15) is 30.6 Å². The molecule has 224 valence electrons. The van der Waals surface area contributed by atoms with Crippen molar-refractivity contribution >= 4 is 26.7 Å². The molecule has 0 aliphatic carbocycles. The maximum atomic E-state index is 13.3. The average molecular weight is 605 g/mol. The molecule has 41 heavy (non-hydrogen) atoms. The summed E-state index contributed by atoms with van der Waals surface area (Å²) in [7, 11) is -0.639. The van der Waals surface area contributed by atoms with Crippen LogP contribution in [0.4, 0.5) is 32.2 Å². The highest BCUT2D eigenvalue weighted by Crippen LogP contribution is 2.38. The van der Waals surface area contributed by atoms with Crippen LogP contribution >= 0.6 is 0 Å². The van der Waals surface area contributed by atoms with E-state index in [1.807, 2.05) is 43.3 Å². The van der Waals surface area contributed by atoms with Crippen LogP contribution in [0.15, 0.2) is 47.4 Å². The van der Waals surface area contributed by atoms with Crippen LogP contribution in [0.5, 0.6) is 0 Å². The highest BCUT2D eigenvalue weighted by atomic mass is 32.2. The monoisotopic (exact) mass is 604 g/mol. The van der Waals surface area contributed by atoms with Gasteiger partial charge in [-0.3, -0.25) is 4.90 Å². The minimum atomic E-state index is -5.15. The summed E-state index contributed by atoms with van der Waals surface area (Å²) in [5, 5.41) is 4.21. The van der Waals surface area contributed by atoms with Crippen molar-refractivity contribution in [1.29, 1.82) is 0 Å². The molecule has 2 aromatic carbocycles. The maximum Gasteiger partial charge on any atom is 0.416 e. The summed E-state index contributed by atoms with van der Waals surface area (Å²) in [6, 6.07) is 7.91. The zero-order chi connectivity index (χ0) is 30.0. The Morgan fingerprint density at radius 1 is 0.902 bits per heavy atom. The summed E-state index contributed by atoms with van der Waals surface area (Å²) < 4.78 is 107. The molecule has 1 N–H and O–H groups in total. The molecule has 0 unspecified atom stereocenters. The van der Waals surface area contributed by atoms with Crippen LogP contribution in [0.3, 0.4) is 0 Å². The molecule has 0 bridgehead atoms. The number of anilines is 1. The number of benzene rings is 2. The third-order valence-corrected chi connectivity index (χ3v) is 8.50. The van der Waals surface area contributed by atoms with Gasteiger partial charge in [-0.1, -0.05) is 12.1 Å². The van der Waals surface area contributed by atoms with Gasteiger partial charge in [0, 0.05) is 38.1 Å². The first-order valence-corrected chi connectivity index (χ1v) is 14.2. The molecule has 0 atom stereocenters. The molecule has 15 heteroatoms. The molecule has 2 heterocycles. The predicted octanol–water partition coefficient (Wildman–Crippen LogP) is 4.54. The van der Waals surface area contributed by atoms with Crippen LogP contribution in [0, 0.1) is 0 Å². The van der Waals surface area contributed by atoms with E-state index in [4.69, 9.17) is 0 Å². The van der Waals surface area contributed by atoms with Crippen molar-refractivity contribution in [2.45, 2.75) is 30.2 Å². The maximum absolute atomic E-state index is 13.3. The molecule has 1 fully saturated rings. The summed E-state index contributed by atoms with van der Waals surface area (Å²) in [5.41, 5.74) is -2.62. The number of sulfonamides is 1. The summed E-state index contributed by atoms with van der Waals surface area (Å²) in [4.78, 5) is 12.2. The second kappa shape index (κ2) is 12.1.